The molecule has 1 heterocycles. The number of ketones is 1. The molecule has 1 fully saturated rings. The van der Waals surface area contributed by atoms with Gasteiger partial charge in [0.2, 0.25) is 5.72 Å². The Balaban J connectivity index is 2.15. The van der Waals surface area contributed by atoms with Crippen LogP contribution in [-0.2, 0) is 0 Å². The van der Waals surface area contributed by atoms with E-state index in [1.54, 1.807) is 6.07 Å². The molecule has 0 spiro atoms. The summed E-state index contributed by atoms with van der Waals surface area (Å²) in [5.74, 6) is -3.24. The summed E-state index contributed by atoms with van der Waals surface area (Å²) in [4.78, 5) is 24.8. The van der Waals surface area contributed by atoms with Gasteiger partial charge in [-0.05, 0) is 17.7 Å². The highest BCUT2D eigenvalue weighted by Gasteiger charge is 2.66. The molecule has 0 bridgehead atoms. The normalized spacial score (nSPS) is 25.4. The Morgan fingerprint density at radius 2 is 1.63 bits per heavy atom. The van der Waals surface area contributed by atoms with Crippen molar-refractivity contribution < 1.29 is 33.0 Å². The van der Waals surface area contributed by atoms with Crippen molar-refractivity contribution in [3.8, 4) is 5.75 Å². The standard InChI is InChI=1S/C18H15F3N2O4/c19-18(20,21)17(27)13(15(25)11-4-2-1-3-5-11)14(22-16(26)23-17)10-6-8-12(24)9-7-10/h1-9,13-14,24,27H,(H2,22,23,26). The van der Waals surface area contributed by atoms with Crippen LogP contribution in [0.2, 0.25) is 0 Å². The Morgan fingerprint density at radius 3 is 2.19 bits per heavy atom. The minimum atomic E-state index is -5.31. The molecule has 4 N–H and O–H groups in total. The van der Waals surface area contributed by atoms with Gasteiger partial charge in [0.05, 0.1) is 6.04 Å². The summed E-state index contributed by atoms with van der Waals surface area (Å²) in [7, 11) is 0. The van der Waals surface area contributed by atoms with Crippen molar-refractivity contribution >= 4 is 11.8 Å². The second kappa shape index (κ2) is 6.58. The smallest absolute Gasteiger partial charge is 0.437 e. The Labute approximate surface area is 151 Å². The average Bonchev–Trinajstić information content (AvgIpc) is 2.61. The maximum Gasteiger partial charge on any atom is 0.437 e. The number of urea groups is 1. The van der Waals surface area contributed by atoms with Crippen molar-refractivity contribution in [2.45, 2.75) is 17.9 Å². The van der Waals surface area contributed by atoms with E-state index in [1.165, 1.54) is 53.8 Å². The van der Waals surface area contributed by atoms with Crippen LogP contribution in [0.15, 0.2) is 54.6 Å². The number of phenolic OH excluding ortho intramolecular Hbond substituents is 1. The number of aromatic hydroxyl groups is 1. The van der Waals surface area contributed by atoms with Gasteiger partial charge in [-0.1, -0.05) is 42.5 Å². The zero-order valence-electron chi connectivity index (χ0n) is 13.7. The number of Topliss-reactive ketones (excluding diaryl/α,β-unsaturated/α-hetero) is 1. The summed E-state index contributed by atoms with van der Waals surface area (Å²) in [5.41, 5.74) is -3.70. The molecule has 3 unspecified atom stereocenters. The summed E-state index contributed by atoms with van der Waals surface area (Å²) < 4.78 is 41.1. The van der Waals surface area contributed by atoms with Gasteiger partial charge in [0, 0.05) is 5.56 Å². The summed E-state index contributed by atoms with van der Waals surface area (Å²) in [6, 6.07) is 9.40. The van der Waals surface area contributed by atoms with Crippen molar-refractivity contribution in [2.24, 2.45) is 5.92 Å². The molecule has 2 amide bonds. The number of carbonyl (C=O) groups excluding carboxylic acids is 2. The fourth-order valence-corrected chi connectivity index (χ4v) is 3.08. The van der Waals surface area contributed by atoms with Crippen molar-refractivity contribution in [3.05, 3.63) is 65.7 Å². The van der Waals surface area contributed by atoms with E-state index in [0.29, 0.717) is 0 Å². The Bertz CT molecular complexity index is 855. The largest absolute Gasteiger partial charge is 0.508 e. The molecule has 2 aromatic carbocycles. The van der Waals surface area contributed by atoms with E-state index in [1.807, 2.05) is 0 Å². The first-order valence-electron chi connectivity index (χ1n) is 7.89. The zero-order valence-corrected chi connectivity index (χ0v) is 13.7. The maximum absolute atomic E-state index is 13.7. The van der Waals surface area contributed by atoms with Crippen molar-refractivity contribution in [1.82, 2.24) is 10.6 Å². The lowest BCUT2D eigenvalue weighted by molar-refractivity contribution is -0.287. The van der Waals surface area contributed by atoms with Crippen LogP contribution in [0.1, 0.15) is 22.0 Å². The first-order chi connectivity index (χ1) is 12.6. The second-order valence-corrected chi connectivity index (χ2v) is 6.14. The zero-order chi connectivity index (χ0) is 19.8. The predicted molar refractivity (Wildman–Crippen MR) is 87.8 cm³/mol. The minimum absolute atomic E-state index is 0.0492. The fraction of sp³-hybridized carbons (Fsp3) is 0.222. The van der Waals surface area contributed by atoms with Crippen molar-refractivity contribution in [2.75, 3.05) is 0 Å². The molecule has 27 heavy (non-hydrogen) atoms. The van der Waals surface area contributed by atoms with Crippen LogP contribution >= 0.6 is 0 Å². The van der Waals surface area contributed by atoms with E-state index in [2.05, 4.69) is 5.32 Å². The highest BCUT2D eigenvalue weighted by Crippen LogP contribution is 2.44. The molecule has 2 aromatic rings. The highest BCUT2D eigenvalue weighted by atomic mass is 19.4. The van der Waals surface area contributed by atoms with Gasteiger partial charge in [-0.3, -0.25) is 4.79 Å². The van der Waals surface area contributed by atoms with Crippen molar-refractivity contribution in [3.63, 3.8) is 0 Å². The molecule has 1 aliphatic rings. The Morgan fingerprint density at radius 1 is 1.04 bits per heavy atom. The summed E-state index contributed by atoms with van der Waals surface area (Å²) >= 11 is 0. The molecule has 142 valence electrons. The molecule has 9 heteroatoms. The number of carbonyl (C=O) groups is 2. The van der Waals surface area contributed by atoms with Gasteiger partial charge in [0.1, 0.15) is 11.7 Å². The van der Waals surface area contributed by atoms with Crippen LogP contribution in [0.5, 0.6) is 5.75 Å². The van der Waals surface area contributed by atoms with E-state index in [-0.39, 0.29) is 16.9 Å². The van der Waals surface area contributed by atoms with Crippen LogP contribution in [-0.4, -0.2) is 33.9 Å². The number of aliphatic hydroxyl groups is 1. The van der Waals surface area contributed by atoms with Gasteiger partial charge in [0.25, 0.3) is 0 Å². The summed E-state index contributed by atoms with van der Waals surface area (Å²) in [6.07, 6.45) is -5.31. The summed E-state index contributed by atoms with van der Waals surface area (Å²) in [6.45, 7) is 0. The van der Waals surface area contributed by atoms with Crippen LogP contribution in [0.3, 0.4) is 0 Å². The number of amides is 2. The van der Waals surface area contributed by atoms with E-state index < -0.39 is 35.7 Å². The summed E-state index contributed by atoms with van der Waals surface area (Å²) in [5, 5.41) is 23.5. The topological polar surface area (TPSA) is 98.7 Å². The van der Waals surface area contributed by atoms with Gasteiger partial charge in [-0.2, -0.15) is 13.2 Å². The molecule has 0 saturated carbocycles. The molecule has 3 rings (SSSR count). The fourth-order valence-electron chi connectivity index (χ4n) is 3.08. The van der Waals surface area contributed by atoms with E-state index in [0.717, 1.165) is 0 Å². The lowest BCUT2D eigenvalue weighted by Crippen LogP contribution is -2.72. The van der Waals surface area contributed by atoms with Gasteiger partial charge in [0.15, 0.2) is 5.78 Å². The van der Waals surface area contributed by atoms with Gasteiger partial charge < -0.3 is 20.8 Å². The average molecular weight is 380 g/mol. The third-order valence-electron chi connectivity index (χ3n) is 4.40. The number of nitrogens with one attached hydrogen (secondary N) is 2. The molecular formula is C18H15F3N2O4. The molecule has 1 aliphatic heterocycles. The molecule has 0 aromatic heterocycles. The van der Waals surface area contributed by atoms with Gasteiger partial charge >= 0.3 is 12.2 Å². The van der Waals surface area contributed by atoms with Crippen LogP contribution in [0, 0.1) is 5.92 Å². The molecular weight excluding hydrogens is 365 g/mol. The van der Waals surface area contributed by atoms with Gasteiger partial charge in [-0.15, -0.1) is 0 Å². The van der Waals surface area contributed by atoms with E-state index in [4.69, 9.17) is 0 Å². The van der Waals surface area contributed by atoms with E-state index >= 15 is 0 Å². The number of rotatable bonds is 3. The first kappa shape index (κ1) is 18.7. The third kappa shape index (κ3) is 3.33. The Hall–Kier alpha value is -3.07. The van der Waals surface area contributed by atoms with Crippen molar-refractivity contribution in [1.29, 1.82) is 0 Å². The lowest BCUT2D eigenvalue weighted by Gasteiger charge is -2.45. The highest BCUT2D eigenvalue weighted by molar-refractivity contribution is 6.00. The number of hydrogen-bond acceptors (Lipinski definition) is 4. The lowest BCUT2D eigenvalue weighted by atomic mass is 9.77. The minimum Gasteiger partial charge on any atom is -0.508 e. The number of phenols is 1. The first-order valence-corrected chi connectivity index (χ1v) is 7.89. The quantitative estimate of drug-likeness (QED) is 0.615. The Kier molecular flexibility index (Phi) is 4.56. The van der Waals surface area contributed by atoms with Gasteiger partial charge in [-0.25, -0.2) is 4.79 Å². The number of alkyl halides is 3. The van der Waals surface area contributed by atoms with Crippen LogP contribution in [0.4, 0.5) is 18.0 Å². The number of hydrogen-bond donors (Lipinski definition) is 4. The third-order valence-corrected chi connectivity index (χ3v) is 4.40. The molecule has 1 saturated heterocycles. The van der Waals surface area contributed by atoms with E-state index in [9.17, 15) is 33.0 Å². The molecule has 6 nitrogen and oxygen atoms in total. The van der Waals surface area contributed by atoms with Crippen LogP contribution in [0.25, 0.3) is 0 Å². The maximum atomic E-state index is 13.7. The number of benzene rings is 2. The number of halogens is 3. The second-order valence-electron chi connectivity index (χ2n) is 6.14. The molecule has 0 radical (unpaired) electrons. The monoisotopic (exact) mass is 380 g/mol. The predicted octanol–water partition coefficient (Wildman–Crippen LogP) is 2.50. The SMILES string of the molecule is O=C1NC(c2ccc(O)cc2)C(C(=O)c2ccccc2)C(O)(C(F)(F)F)N1. The molecule has 0 aliphatic carbocycles. The van der Waals surface area contributed by atoms with Crippen LogP contribution < -0.4 is 10.6 Å². The molecule has 3 atom stereocenters.